The zero-order valence-electron chi connectivity index (χ0n) is 17.2. The molecule has 0 aliphatic carbocycles. The van der Waals surface area contributed by atoms with Crippen molar-refractivity contribution in [2.24, 2.45) is 7.05 Å². The Balaban J connectivity index is 1.66. The molecule has 1 atom stereocenters. The van der Waals surface area contributed by atoms with Crippen molar-refractivity contribution < 1.29 is 4.79 Å². The zero-order chi connectivity index (χ0) is 20.5. The lowest BCUT2D eigenvalue weighted by atomic mass is 9.99. The number of nitrogens with one attached hydrogen (secondary N) is 1. The van der Waals surface area contributed by atoms with Crippen molar-refractivity contribution in [1.82, 2.24) is 24.2 Å². The van der Waals surface area contributed by atoms with Crippen LogP contribution in [0.25, 0.3) is 5.65 Å². The van der Waals surface area contributed by atoms with E-state index in [4.69, 9.17) is 4.98 Å². The maximum Gasteiger partial charge on any atom is 0.267 e. The predicted molar refractivity (Wildman–Crippen MR) is 112 cm³/mol. The molecule has 1 fully saturated rings. The molecule has 0 unspecified atom stereocenters. The number of likely N-dealkylation sites (tertiary alicyclic amines) is 1. The van der Waals surface area contributed by atoms with Crippen LogP contribution in [0.4, 0.5) is 0 Å². The smallest absolute Gasteiger partial charge is 0.267 e. The number of fused-ring (bicyclic) bond motifs is 1. The maximum atomic E-state index is 12.6. The number of piperidine rings is 1. The van der Waals surface area contributed by atoms with Gasteiger partial charge < -0.3 is 9.88 Å². The summed E-state index contributed by atoms with van der Waals surface area (Å²) < 4.78 is 3.62. The molecule has 1 aliphatic heterocycles. The molecule has 1 saturated heterocycles. The van der Waals surface area contributed by atoms with E-state index in [0.29, 0.717) is 17.9 Å². The summed E-state index contributed by atoms with van der Waals surface area (Å²) in [7, 11) is 3.59. The van der Waals surface area contributed by atoms with E-state index < -0.39 is 0 Å². The van der Waals surface area contributed by atoms with Crippen molar-refractivity contribution >= 4 is 11.6 Å². The number of hydrogen-bond acceptors (Lipinski definition) is 4. The van der Waals surface area contributed by atoms with Gasteiger partial charge in [0.15, 0.2) is 0 Å². The highest BCUT2D eigenvalue weighted by Gasteiger charge is 2.27. The van der Waals surface area contributed by atoms with Crippen LogP contribution in [0.2, 0.25) is 0 Å². The number of rotatable bonds is 4. The molecule has 152 valence electrons. The number of hydrogen-bond donors (Lipinski definition) is 1. The molecule has 0 spiro atoms. The molecule has 1 aliphatic rings. The van der Waals surface area contributed by atoms with Crippen LogP contribution in [0.3, 0.4) is 0 Å². The van der Waals surface area contributed by atoms with Gasteiger partial charge in [0, 0.05) is 38.1 Å². The van der Waals surface area contributed by atoms with E-state index >= 15 is 0 Å². The summed E-state index contributed by atoms with van der Waals surface area (Å²) in [5.41, 5.74) is 4.09. The third kappa shape index (κ3) is 3.58. The Bertz CT molecular complexity index is 1110. The highest BCUT2D eigenvalue weighted by atomic mass is 16.2. The van der Waals surface area contributed by atoms with Gasteiger partial charge >= 0.3 is 0 Å². The van der Waals surface area contributed by atoms with Gasteiger partial charge in [-0.25, -0.2) is 4.98 Å². The Morgan fingerprint density at radius 2 is 2.07 bits per heavy atom. The van der Waals surface area contributed by atoms with Gasteiger partial charge in [-0.3, -0.25) is 18.9 Å². The molecular weight excluding hydrogens is 366 g/mol. The van der Waals surface area contributed by atoms with E-state index in [9.17, 15) is 9.59 Å². The number of aryl methyl sites for hydroxylation is 1. The van der Waals surface area contributed by atoms with Crippen molar-refractivity contribution in [1.29, 1.82) is 0 Å². The number of pyridine rings is 1. The predicted octanol–water partition coefficient (Wildman–Crippen LogP) is 2.43. The van der Waals surface area contributed by atoms with E-state index in [1.165, 1.54) is 0 Å². The topological polar surface area (TPSA) is 71.6 Å². The Morgan fingerprint density at radius 3 is 2.86 bits per heavy atom. The normalized spacial score (nSPS) is 17.6. The highest BCUT2D eigenvalue weighted by Crippen LogP contribution is 2.32. The maximum absolute atomic E-state index is 12.6. The monoisotopic (exact) mass is 393 g/mol. The summed E-state index contributed by atoms with van der Waals surface area (Å²) in [4.78, 5) is 31.8. The van der Waals surface area contributed by atoms with Crippen molar-refractivity contribution in [3.05, 3.63) is 69.5 Å². The molecule has 0 radical (unpaired) electrons. The fraction of sp³-hybridized carbons (Fsp3) is 0.409. The summed E-state index contributed by atoms with van der Waals surface area (Å²) in [5, 5.41) is 2.70. The summed E-state index contributed by atoms with van der Waals surface area (Å²) in [6.07, 6.45) is 3.29. The van der Waals surface area contributed by atoms with Gasteiger partial charge in [0.25, 0.3) is 11.5 Å². The molecule has 29 heavy (non-hydrogen) atoms. The molecule has 7 heteroatoms. The standard InChI is InChI=1S/C22H27N5O2/c1-15-7-6-9-20-24-16(13-21(28)27(15)20)14-26-12-5-4-8-18(26)17-10-11-19(25(17)3)22(29)23-2/h6-7,9-11,13,18H,4-5,8,12,14H2,1-3H3,(H,23,29)/t18-/m0/s1. The Hall–Kier alpha value is -2.93. The molecule has 1 amide bonds. The van der Waals surface area contributed by atoms with E-state index in [1.807, 2.05) is 48.9 Å². The lowest BCUT2D eigenvalue weighted by Crippen LogP contribution is -2.35. The third-order valence-corrected chi connectivity index (χ3v) is 5.87. The minimum atomic E-state index is -0.0827. The lowest BCUT2D eigenvalue weighted by Gasteiger charge is -2.36. The second-order valence-corrected chi connectivity index (χ2v) is 7.71. The van der Waals surface area contributed by atoms with Gasteiger partial charge in [-0.15, -0.1) is 0 Å². The fourth-order valence-corrected chi connectivity index (χ4v) is 4.39. The molecule has 0 aromatic carbocycles. The van der Waals surface area contributed by atoms with Crippen molar-refractivity contribution in [3.8, 4) is 0 Å². The van der Waals surface area contributed by atoms with Crippen molar-refractivity contribution in [2.45, 2.75) is 38.8 Å². The lowest BCUT2D eigenvalue weighted by molar-refractivity contribution is 0.0952. The minimum Gasteiger partial charge on any atom is -0.354 e. The number of carbonyl (C=O) groups is 1. The van der Waals surface area contributed by atoms with Crippen LogP contribution in [0.1, 0.15) is 52.9 Å². The molecule has 4 rings (SSSR count). The van der Waals surface area contributed by atoms with Gasteiger partial charge in [0.2, 0.25) is 0 Å². The summed E-state index contributed by atoms with van der Waals surface area (Å²) >= 11 is 0. The van der Waals surface area contributed by atoms with Crippen LogP contribution in [0.5, 0.6) is 0 Å². The van der Waals surface area contributed by atoms with Gasteiger partial charge in [0.1, 0.15) is 11.3 Å². The second kappa shape index (κ2) is 7.83. The molecule has 0 bridgehead atoms. The van der Waals surface area contributed by atoms with Crippen molar-refractivity contribution in [3.63, 3.8) is 0 Å². The van der Waals surface area contributed by atoms with Gasteiger partial charge in [-0.2, -0.15) is 0 Å². The summed E-state index contributed by atoms with van der Waals surface area (Å²) in [6.45, 7) is 3.47. The molecule has 3 aromatic heterocycles. The van der Waals surface area contributed by atoms with Gasteiger partial charge in [-0.1, -0.05) is 12.5 Å². The Morgan fingerprint density at radius 1 is 1.24 bits per heavy atom. The first-order valence-corrected chi connectivity index (χ1v) is 10.1. The van der Waals surface area contributed by atoms with Gasteiger partial charge in [0.05, 0.1) is 11.7 Å². The first-order valence-electron chi connectivity index (χ1n) is 10.1. The first-order chi connectivity index (χ1) is 14.0. The number of amides is 1. The first kappa shape index (κ1) is 19.4. The van der Waals surface area contributed by atoms with Crippen LogP contribution in [0, 0.1) is 6.92 Å². The van der Waals surface area contributed by atoms with Crippen LogP contribution in [0.15, 0.2) is 41.2 Å². The molecular formula is C22H27N5O2. The molecule has 1 N–H and O–H groups in total. The van der Waals surface area contributed by atoms with E-state index in [-0.39, 0.29) is 17.5 Å². The largest absolute Gasteiger partial charge is 0.354 e. The highest BCUT2D eigenvalue weighted by molar-refractivity contribution is 5.92. The van der Waals surface area contributed by atoms with Crippen LogP contribution in [-0.2, 0) is 13.6 Å². The molecule has 0 saturated carbocycles. The van der Waals surface area contributed by atoms with E-state index in [1.54, 1.807) is 17.5 Å². The number of carbonyl (C=O) groups excluding carboxylic acids is 1. The fourth-order valence-electron chi connectivity index (χ4n) is 4.39. The van der Waals surface area contributed by atoms with Crippen molar-refractivity contribution in [2.75, 3.05) is 13.6 Å². The van der Waals surface area contributed by atoms with Gasteiger partial charge in [-0.05, 0) is 50.6 Å². The Labute approximate surface area is 170 Å². The average Bonchev–Trinajstić information content (AvgIpc) is 3.09. The Kier molecular flexibility index (Phi) is 5.24. The van der Waals surface area contributed by atoms with Crippen LogP contribution in [-0.4, -0.2) is 38.4 Å². The van der Waals surface area contributed by atoms with Crippen LogP contribution >= 0.6 is 0 Å². The van der Waals surface area contributed by atoms with Crippen LogP contribution < -0.4 is 10.9 Å². The second-order valence-electron chi connectivity index (χ2n) is 7.71. The quantitative estimate of drug-likeness (QED) is 0.739. The molecule has 4 heterocycles. The third-order valence-electron chi connectivity index (χ3n) is 5.87. The number of aromatic nitrogens is 3. The SMILES string of the molecule is CNC(=O)c1ccc([C@@H]2CCCCN2Cc2cc(=O)n3c(C)cccc3n2)n1C. The van der Waals surface area contributed by atoms with E-state index in [0.717, 1.165) is 42.9 Å². The number of nitrogens with zero attached hydrogens (tertiary/aromatic N) is 4. The summed E-state index contributed by atoms with van der Waals surface area (Å²) in [5.74, 6) is -0.0827. The summed E-state index contributed by atoms with van der Waals surface area (Å²) in [6, 6.07) is 11.5. The molecule has 3 aromatic rings. The average molecular weight is 393 g/mol. The van der Waals surface area contributed by atoms with E-state index in [2.05, 4.69) is 10.2 Å². The minimum absolute atomic E-state index is 0.0440. The molecule has 7 nitrogen and oxygen atoms in total. The zero-order valence-corrected chi connectivity index (χ0v) is 17.2.